The number of carboxylic acid groups (broad SMARTS) is 1. The van der Waals surface area contributed by atoms with Gasteiger partial charge >= 0.3 is 5.97 Å². The number of methoxy groups -OCH3 is 1. The van der Waals surface area contributed by atoms with E-state index in [1.54, 1.807) is 6.92 Å². The van der Waals surface area contributed by atoms with E-state index in [1.165, 1.54) is 13.2 Å². The van der Waals surface area contributed by atoms with Gasteiger partial charge in [0.05, 0.1) is 7.11 Å². The number of carbonyl (C=O) groups is 1. The summed E-state index contributed by atoms with van der Waals surface area (Å²) >= 11 is 0. The van der Waals surface area contributed by atoms with E-state index in [2.05, 4.69) is 4.74 Å². The number of carboxylic acids is 1. The van der Waals surface area contributed by atoms with E-state index in [-0.39, 0.29) is 5.76 Å². The normalized spacial score (nSPS) is 11.0. The summed E-state index contributed by atoms with van der Waals surface area (Å²) in [5.41, 5.74) is 0. The molecule has 0 aromatic rings. The van der Waals surface area contributed by atoms with Crippen LogP contribution in [0.25, 0.3) is 0 Å². The van der Waals surface area contributed by atoms with Crippen molar-refractivity contribution in [3.05, 3.63) is 11.8 Å². The predicted octanol–water partition coefficient (Wildman–Crippen LogP) is 0.621. The van der Waals surface area contributed by atoms with Crippen molar-refractivity contribution >= 4 is 5.97 Å². The fraction of sp³-hybridized carbons (Fsp3) is 0.400. The topological polar surface area (TPSA) is 46.5 Å². The quantitative estimate of drug-likeness (QED) is 0.425. The van der Waals surface area contributed by atoms with Gasteiger partial charge in [-0.15, -0.1) is 0 Å². The van der Waals surface area contributed by atoms with Crippen molar-refractivity contribution in [2.75, 3.05) is 7.11 Å². The molecule has 0 bridgehead atoms. The molecule has 0 unspecified atom stereocenters. The third-order valence-corrected chi connectivity index (χ3v) is 0.693. The Morgan fingerprint density at radius 1 is 1.75 bits per heavy atom. The number of aliphatic carboxylic acids is 1. The average Bonchev–Trinajstić information content (AvgIpc) is 1.69. The van der Waals surface area contributed by atoms with Gasteiger partial charge in [-0.25, -0.2) is 4.79 Å². The Labute approximate surface area is 47.6 Å². The molecule has 0 aliphatic rings. The van der Waals surface area contributed by atoms with Gasteiger partial charge in [-0.05, 0) is 13.0 Å². The van der Waals surface area contributed by atoms with Gasteiger partial charge in [0.2, 0.25) is 0 Å². The van der Waals surface area contributed by atoms with E-state index in [0.717, 1.165) is 0 Å². The molecule has 0 aromatic heterocycles. The Morgan fingerprint density at radius 2 is 2.25 bits per heavy atom. The highest BCUT2D eigenvalue weighted by molar-refractivity contribution is 5.83. The second-order valence-corrected chi connectivity index (χ2v) is 1.16. The minimum atomic E-state index is -1.03. The van der Waals surface area contributed by atoms with Crippen LogP contribution in [0.1, 0.15) is 6.92 Å². The zero-order chi connectivity index (χ0) is 6.57. The smallest absolute Gasteiger partial charge is 0.370 e. The second-order valence-electron chi connectivity index (χ2n) is 1.16. The van der Waals surface area contributed by atoms with Crippen molar-refractivity contribution < 1.29 is 14.6 Å². The lowest BCUT2D eigenvalue weighted by Gasteiger charge is -1.95. The van der Waals surface area contributed by atoms with E-state index in [0.29, 0.717) is 0 Å². The second kappa shape index (κ2) is 3.07. The van der Waals surface area contributed by atoms with Crippen LogP contribution in [0.4, 0.5) is 0 Å². The largest absolute Gasteiger partial charge is 0.490 e. The molecule has 0 heterocycles. The molecule has 8 heavy (non-hydrogen) atoms. The summed E-state index contributed by atoms with van der Waals surface area (Å²) in [5, 5.41) is 8.18. The highest BCUT2D eigenvalue weighted by Gasteiger charge is 2.01. The maximum absolute atomic E-state index is 9.97. The van der Waals surface area contributed by atoms with Gasteiger partial charge in [0, 0.05) is 0 Å². The zero-order valence-electron chi connectivity index (χ0n) is 4.84. The minimum absolute atomic E-state index is 0.0231. The maximum atomic E-state index is 9.97. The first-order valence-electron chi connectivity index (χ1n) is 2.16. The zero-order valence-corrected chi connectivity index (χ0v) is 4.84. The molecule has 0 fully saturated rings. The Morgan fingerprint density at radius 3 is 2.25 bits per heavy atom. The van der Waals surface area contributed by atoms with Gasteiger partial charge in [0.1, 0.15) is 0 Å². The average molecular weight is 116 g/mol. The van der Waals surface area contributed by atoms with Gasteiger partial charge < -0.3 is 9.84 Å². The third kappa shape index (κ3) is 1.64. The highest BCUT2D eigenvalue weighted by atomic mass is 16.5. The van der Waals surface area contributed by atoms with Crippen molar-refractivity contribution in [2.45, 2.75) is 6.92 Å². The summed E-state index contributed by atoms with van der Waals surface area (Å²) in [7, 11) is 1.32. The molecule has 0 spiro atoms. The van der Waals surface area contributed by atoms with Gasteiger partial charge in [-0.1, -0.05) is 0 Å². The van der Waals surface area contributed by atoms with Crippen LogP contribution in [-0.2, 0) is 9.53 Å². The number of hydrogen-bond acceptors (Lipinski definition) is 2. The Bertz CT molecular complexity index is 115. The molecular weight excluding hydrogens is 108 g/mol. The molecule has 1 N–H and O–H groups in total. The van der Waals surface area contributed by atoms with Crippen LogP contribution in [0, 0.1) is 0 Å². The van der Waals surface area contributed by atoms with Gasteiger partial charge in [-0.3, -0.25) is 0 Å². The number of ether oxygens (including phenoxy) is 1. The summed E-state index contributed by atoms with van der Waals surface area (Å²) in [6.07, 6.45) is 1.39. The molecule has 3 heteroatoms. The van der Waals surface area contributed by atoms with Crippen LogP contribution >= 0.6 is 0 Å². The number of allylic oxidation sites excluding steroid dienone is 1. The van der Waals surface area contributed by atoms with Crippen molar-refractivity contribution in [3.63, 3.8) is 0 Å². The first-order valence-corrected chi connectivity index (χ1v) is 2.16. The van der Waals surface area contributed by atoms with E-state index in [1.807, 2.05) is 0 Å². The van der Waals surface area contributed by atoms with Crippen molar-refractivity contribution in [2.24, 2.45) is 0 Å². The highest BCUT2D eigenvalue weighted by Crippen LogP contribution is 1.91. The first-order chi connectivity index (χ1) is 3.72. The molecule has 0 amide bonds. The maximum Gasteiger partial charge on any atom is 0.370 e. The van der Waals surface area contributed by atoms with Crippen LogP contribution in [0.2, 0.25) is 0 Å². The van der Waals surface area contributed by atoms with E-state index in [4.69, 9.17) is 5.11 Å². The van der Waals surface area contributed by atoms with Gasteiger partial charge in [-0.2, -0.15) is 0 Å². The molecular formula is C5H8O3. The Balaban J connectivity index is 3.92. The molecule has 0 atom stereocenters. The number of hydrogen-bond donors (Lipinski definition) is 1. The summed E-state index contributed by atoms with van der Waals surface area (Å²) < 4.78 is 4.42. The minimum Gasteiger partial charge on any atom is -0.490 e. The van der Waals surface area contributed by atoms with Crippen LogP contribution in [0.5, 0.6) is 0 Å². The summed E-state index contributed by atoms with van der Waals surface area (Å²) in [6.45, 7) is 1.60. The fourth-order valence-electron chi connectivity index (χ4n) is 0.329. The molecule has 0 radical (unpaired) electrons. The molecule has 0 aliphatic heterocycles. The standard InChI is InChI=1S/C5H8O3/c1-3-4(8-2)5(6)7/h3H,1-2H3,(H,6,7). The SMILES string of the molecule is CC=C(OC)C(=O)O. The van der Waals surface area contributed by atoms with Crippen molar-refractivity contribution in [1.29, 1.82) is 0 Å². The lowest BCUT2D eigenvalue weighted by atomic mass is 10.5. The third-order valence-electron chi connectivity index (χ3n) is 0.693. The van der Waals surface area contributed by atoms with Gasteiger partial charge in [0.15, 0.2) is 5.76 Å². The lowest BCUT2D eigenvalue weighted by molar-refractivity contribution is -0.136. The lowest BCUT2D eigenvalue weighted by Crippen LogP contribution is -2.00. The summed E-state index contributed by atoms with van der Waals surface area (Å²) in [5.74, 6) is -1.06. The monoisotopic (exact) mass is 116 g/mol. The molecule has 0 aromatic carbocycles. The van der Waals surface area contributed by atoms with Crippen LogP contribution < -0.4 is 0 Å². The van der Waals surface area contributed by atoms with E-state index >= 15 is 0 Å². The predicted molar refractivity (Wildman–Crippen MR) is 28.4 cm³/mol. The molecule has 0 saturated heterocycles. The molecule has 46 valence electrons. The first kappa shape index (κ1) is 7.01. The molecule has 0 saturated carbocycles. The Hall–Kier alpha value is -0.990. The van der Waals surface area contributed by atoms with Crippen LogP contribution in [-0.4, -0.2) is 18.2 Å². The summed E-state index contributed by atoms with van der Waals surface area (Å²) in [4.78, 5) is 9.97. The van der Waals surface area contributed by atoms with E-state index in [9.17, 15) is 4.79 Å². The summed E-state index contributed by atoms with van der Waals surface area (Å²) in [6, 6.07) is 0. The van der Waals surface area contributed by atoms with Crippen LogP contribution in [0.15, 0.2) is 11.8 Å². The molecule has 0 aliphatic carbocycles. The van der Waals surface area contributed by atoms with Crippen molar-refractivity contribution in [3.8, 4) is 0 Å². The molecule has 0 rings (SSSR count). The van der Waals surface area contributed by atoms with E-state index < -0.39 is 5.97 Å². The van der Waals surface area contributed by atoms with Crippen molar-refractivity contribution in [1.82, 2.24) is 0 Å². The Kier molecular flexibility index (Phi) is 2.69. The fourth-order valence-corrected chi connectivity index (χ4v) is 0.329. The molecule has 3 nitrogen and oxygen atoms in total. The number of rotatable bonds is 2. The van der Waals surface area contributed by atoms with Gasteiger partial charge in [0.25, 0.3) is 0 Å². The van der Waals surface area contributed by atoms with Crippen LogP contribution in [0.3, 0.4) is 0 Å².